The lowest BCUT2D eigenvalue weighted by Gasteiger charge is -2.32. The first kappa shape index (κ1) is 12.3. The van der Waals surface area contributed by atoms with E-state index in [4.69, 9.17) is 0 Å². The maximum atomic E-state index is 10.3. The molecule has 3 heteroatoms. The van der Waals surface area contributed by atoms with Gasteiger partial charge < -0.3 is 10.2 Å². The van der Waals surface area contributed by atoms with E-state index in [0.717, 1.165) is 32.5 Å². The van der Waals surface area contributed by atoms with Crippen LogP contribution in [0.4, 0.5) is 0 Å². The lowest BCUT2D eigenvalue weighted by atomic mass is 9.92. The molecule has 2 N–H and O–H groups in total. The summed E-state index contributed by atoms with van der Waals surface area (Å²) in [7, 11) is 0. The molecular formula is C13H25NO2. The van der Waals surface area contributed by atoms with Crippen molar-refractivity contribution in [2.45, 2.75) is 45.3 Å². The van der Waals surface area contributed by atoms with Gasteiger partial charge in [0, 0.05) is 25.6 Å². The topological polar surface area (TPSA) is 43.7 Å². The van der Waals surface area contributed by atoms with E-state index in [1.807, 2.05) is 6.92 Å². The zero-order valence-corrected chi connectivity index (χ0v) is 10.7. The van der Waals surface area contributed by atoms with Gasteiger partial charge in [-0.2, -0.15) is 0 Å². The molecule has 0 aromatic carbocycles. The van der Waals surface area contributed by atoms with Crippen molar-refractivity contribution < 1.29 is 10.2 Å². The van der Waals surface area contributed by atoms with Crippen LogP contribution in [0.15, 0.2) is 0 Å². The van der Waals surface area contributed by atoms with Crippen LogP contribution in [0, 0.1) is 17.8 Å². The Hall–Kier alpha value is -0.120. The van der Waals surface area contributed by atoms with Crippen LogP contribution in [0.5, 0.6) is 0 Å². The molecule has 16 heavy (non-hydrogen) atoms. The molecular weight excluding hydrogens is 202 g/mol. The van der Waals surface area contributed by atoms with Gasteiger partial charge in [-0.15, -0.1) is 0 Å². The Bertz CT molecular complexity index is 252. The molecule has 0 bridgehead atoms. The minimum atomic E-state index is -0.608. The molecule has 0 aromatic heterocycles. The first-order chi connectivity index (χ1) is 7.40. The molecule has 1 saturated heterocycles. The lowest BCUT2D eigenvalue weighted by Crippen LogP contribution is -2.44. The van der Waals surface area contributed by atoms with E-state index in [0.29, 0.717) is 11.8 Å². The van der Waals surface area contributed by atoms with Crippen LogP contribution in [0.3, 0.4) is 0 Å². The van der Waals surface area contributed by atoms with Gasteiger partial charge in [0.15, 0.2) is 0 Å². The number of aliphatic hydroxyl groups excluding tert-OH is 1. The average molecular weight is 227 g/mol. The first-order valence-corrected chi connectivity index (χ1v) is 6.53. The van der Waals surface area contributed by atoms with Crippen molar-refractivity contribution >= 4 is 0 Å². The quantitative estimate of drug-likeness (QED) is 0.759. The van der Waals surface area contributed by atoms with Crippen molar-refractivity contribution in [1.29, 1.82) is 0 Å². The molecule has 4 unspecified atom stereocenters. The Labute approximate surface area is 98.5 Å². The molecule has 2 fully saturated rings. The Balaban J connectivity index is 1.90. The molecule has 3 nitrogen and oxygen atoms in total. The van der Waals surface area contributed by atoms with E-state index in [9.17, 15) is 10.2 Å². The molecule has 0 radical (unpaired) electrons. The van der Waals surface area contributed by atoms with Gasteiger partial charge in [-0.05, 0) is 31.6 Å². The monoisotopic (exact) mass is 227 g/mol. The van der Waals surface area contributed by atoms with Gasteiger partial charge in [-0.3, -0.25) is 4.90 Å². The van der Waals surface area contributed by atoms with Crippen molar-refractivity contribution in [2.24, 2.45) is 17.8 Å². The normalized spacial score (nSPS) is 39.0. The molecule has 1 aliphatic heterocycles. The highest BCUT2D eigenvalue weighted by molar-refractivity contribution is 4.95. The summed E-state index contributed by atoms with van der Waals surface area (Å²) in [5.41, 5.74) is -0.608. The number of fused-ring (bicyclic) bond motifs is 1. The van der Waals surface area contributed by atoms with Gasteiger partial charge >= 0.3 is 0 Å². The molecule has 1 aliphatic carbocycles. The summed E-state index contributed by atoms with van der Waals surface area (Å²) in [5.74, 6) is 1.40. The molecule has 0 aromatic rings. The van der Waals surface area contributed by atoms with E-state index in [-0.39, 0.29) is 12.0 Å². The predicted molar refractivity (Wildman–Crippen MR) is 64.1 cm³/mol. The summed E-state index contributed by atoms with van der Waals surface area (Å²) in [6.07, 6.45) is 2.04. The minimum absolute atomic E-state index is 0.0981. The van der Waals surface area contributed by atoms with Gasteiger partial charge in [0.1, 0.15) is 0 Å². The highest BCUT2D eigenvalue weighted by Gasteiger charge is 2.43. The van der Waals surface area contributed by atoms with Gasteiger partial charge in [-0.25, -0.2) is 0 Å². The Morgan fingerprint density at radius 3 is 2.56 bits per heavy atom. The average Bonchev–Trinajstić information content (AvgIpc) is 2.68. The van der Waals surface area contributed by atoms with E-state index in [1.165, 1.54) is 0 Å². The third kappa shape index (κ3) is 2.27. The number of nitrogens with zero attached hydrogens (tertiary/aromatic N) is 1. The van der Waals surface area contributed by atoms with Crippen molar-refractivity contribution in [3.8, 4) is 0 Å². The maximum absolute atomic E-state index is 10.3. The highest BCUT2D eigenvalue weighted by Crippen LogP contribution is 2.38. The molecule has 1 heterocycles. The van der Waals surface area contributed by atoms with Crippen molar-refractivity contribution in [3.05, 3.63) is 0 Å². The summed E-state index contributed by atoms with van der Waals surface area (Å²) in [6, 6.07) is 0. The number of rotatable bonds is 3. The van der Waals surface area contributed by atoms with E-state index < -0.39 is 5.60 Å². The first-order valence-electron chi connectivity index (χ1n) is 6.53. The summed E-state index contributed by atoms with van der Waals surface area (Å²) in [5, 5.41) is 20.1. The fraction of sp³-hybridized carbons (Fsp3) is 1.00. The van der Waals surface area contributed by atoms with Crippen LogP contribution in [-0.2, 0) is 0 Å². The summed E-state index contributed by atoms with van der Waals surface area (Å²) in [6.45, 7) is 8.81. The summed E-state index contributed by atoms with van der Waals surface area (Å²) in [4.78, 5) is 2.33. The third-order valence-corrected chi connectivity index (χ3v) is 4.68. The standard InChI is InChI=1S/C13H25NO2/c1-9(2)13(3,16)8-14-6-10-4-5-12(15)11(10)7-14/h9-12,15-16H,4-8H2,1-3H3. The molecule has 1 saturated carbocycles. The number of hydrogen-bond donors (Lipinski definition) is 2. The Kier molecular flexibility index (Phi) is 3.30. The van der Waals surface area contributed by atoms with Gasteiger partial charge in [0.05, 0.1) is 11.7 Å². The van der Waals surface area contributed by atoms with Crippen LogP contribution in [0.25, 0.3) is 0 Å². The van der Waals surface area contributed by atoms with Crippen LogP contribution in [-0.4, -0.2) is 46.5 Å². The van der Waals surface area contributed by atoms with Gasteiger partial charge in [0.2, 0.25) is 0 Å². The molecule has 94 valence electrons. The van der Waals surface area contributed by atoms with Crippen LogP contribution >= 0.6 is 0 Å². The zero-order chi connectivity index (χ0) is 11.9. The number of β-amino-alcohol motifs (C(OH)–C–C–N with tert-alkyl or cyclic N) is 1. The summed E-state index contributed by atoms with van der Waals surface area (Å²) < 4.78 is 0. The number of aliphatic hydroxyl groups is 2. The second kappa shape index (κ2) is 4.28. The van der Waals surface area contributed by atoms with Gasteiger partial charge in [0.25, 0.3) is 0 Å². The predicted octanol–water partition coefficient (Wildman–Crippen LogP) is 1.10. The maximum Gasteiger partial charge on any atom is 0.0768 e. The fourth-order valence-electron chi connectivity index (χ4n) is 3.09. The number of likely N-dealkylation sites (tertiary alicyclic amines) is 1. The molecule has 0 spiro atoms. The Morgan fingerprint density at radius 2 is 2.00 bits per heavy atom. The SMILES string of the molecule is CC(C)C(C)(O)CN1CC2CCC(O)C2C1. The zero-order valence-electron chi connectivity index (χ0n) is 10.7. The van der Waals surface area contributed by atoms with Crippen molar-refractivity contribution in [2.75, 3.05) is 19.6 Å². The molecule has 0 amide bonds. The fourth-order valence-corrected chi connectivity index (χ4v) is 3.09. The minimum Gasteiger partial charge on any atom is -0.393 e. The van der Waals surface area contributed by atoms with Gasteiger partial charge in [-0.1, -0.05) is 13.8 Å². The molecule has 4 atom stereocenters. The van der Waals surface area contributed by atoms with Crippen molar-refractivity contribution in [1.82, 2.24) is 4.90 Å². The van der Waals surface area contributed by atoms with Crippen molar-refractivity contribution in [3.63, 3.8) is 0 Å². The molecule has 2 aliphatic rings. The van der Waals surface area contributed by atoms with Crippen LogP contribution in [0.2, 0.25) is 0 Å². The summed E-state index contributed by atoms with van der Waals surface area (Å²) >= 11 is 0. The highest BCUT2D eigenvalue weighted by atomic mass is 16.3. The smallest absolute Gasteiger partial charge is 0.0768 e. The van der Waals surface area contributed by atoms with E-state index in [2.05, 4.69) is 18.7 Å². The number of hydrogen-bond acceptors (Lipinski definition) is 3. The third-order valence-electron chi connectivity index (χ3n) is 4.68. The van der Waals surface area contributed by atoms with Crippen LogP contribution < -0.4 is 0 Å². The Morgan fingerprint density at radius 1 is 1.31 bits per heavy atom. The second-order valence-corrected chi connectivity index (χ2v) is 6.27. The molecule has 2 rings (SSSR count). The van der Waals surface area contributed by atoms with E-state index in [1.54, 1.807) is 0 Å². The van der Waals surface area contributed by atoms with Crippen LogP contribution in [0.1, 0.15) is 33.6 Å². The lowest BCUT2D eigenvalue weighted by molar-refractivity contribution is -0.0167. The van der Waals surface area contributed by atoms with E-state index >= 15 is 0 Å². The second-order valence-electron chi connectivity index (χ2n) is 6.27. The largest absolute Gasteiger partial charge is 0.393 e.